The SMILES string of the molecule is CC(O)(CC=S=O)[C@H]1OC(=O)C=C2[C@@]13O[C@@H]3[C@H]1OC(=O)[C@@]3(C)[C@H]4O[C@H]4C[C@@]2(C)[C@@H]13. The first-order chi connectivity index (χ1) is 13.6. The Morgan fingerprint density at radius 2 is 2.07 bits per heavy atom. The summed E-state index contributed by atoms with van der Waals surface area (Å²) in [6.07, 6.45) is -0.0752. The number of carbonyl (C=O) groups is 2. The van der Waals surface area contributed by atoms with Crippen LogP contribution in [0.4, 0.5) is 0 Å². The summed E-state index contributed by atoms with van der Waals surface area (Å²) in [5.41, 5.74) is -3.16. The Morgan fingerprint density at radius 3 is 2.79 bits per heavy atom. The first-order valence-corrected chi connectivity index (χ1v) is 10.7. The molecular formula is C20H22O8S. The van der Waals surface area contributed by atoms with Crippen molar-refractivity contribution in [1.29, 1.82) is 0 Å². The van der Waals surface area contributed by atoms with E-state index in [1.807, 2.05) is 13.8 Å². The number of epoxide rings is 2. The number of hydrogen-bond donors (Lipinski definition) is 1. The first-order valence-electron chi connectivity index (χ1n) is 9.91. The van der Waals surface area contributed by atoms with Crippen molar-refractivity contribution in [1.82, 2.24) is 0 Å². The molecule has 1 unspecified atom stereocenters. The average Bonchev–Trinajstić information content (AvgIpc) is 3.54. The highest BCUT2D eigenvalue weighted by Crippen LogP contribution is 2.75. The van der Waals surface area contributed by atoms with Crippen LogP contribution < -0.4 is 0 Å². The molecule has 1 N–H and O–H groups in total. The zero-order valence-corrected chi connectivity index (χ0v) is 17.1. The van der Waals surface area contributed by atoms with Gasteiger partial charge in [0, 0.05) is 29.2 Å². The van der Waals surface area contributed by atoms with Gasteiger partial charge in [-0.05, 0) is 25.8 Å². The number of hydrogen-bond acceptors (Lipinski definition) is 8. The van der Waals surface area contributed by atoms with Crippen LogP contribution in [0.5, 0.6) is 0 Å². The summed E-state index contributed by atoms with van der Waals surface area (Å²) >= 11 is 0.253. The van der Waals surface area contributed by atoms with Crippen molar-refractivity contribution >= 4 is 28.6 Å². The predicted octanol–water partition coefficient (Wildman–Crippen LogP) is -0.129. The quantitative estimate of drug-likeness (QED) is 0.380. The minimum atomic E-state index is -1.51. The van der Waals surface area contributed by atoms with Crippen molar-refractivity contribution in [2.24, 2.45) is 16.7 Å². The highest BCUT2D eigenvalue weighted by Gasteiger charge is 2.87. The minimum absolute atomic E-state index is 0.0281. The fourth-order valence-corrected chi connectivity index (χ4v) is 7.43. The fourth-order valence-electron chi connectivity index (χ4n) is 7.02. The highest BCUT2D eigenvalue weighted by atomic mass is 32.1. The molecule has 156 valence electrons. The Labute approximate surface area is 170 Å². The molecule has 3 saturated heterocycles. The van der Waals surface area contributed by atoms with Crippen molar-refractivity contribution in [3.63, 3.8) is 0 Å². The van der Waals surface area contributed by atoms with Gasteiger partial charge in [0.15, 0.2) is 11.7 Å². The lowest BCUT2D eigenvalue weighted by Crippen LogP contribution is -2.64. The number of esters is 2. The largest absolute Gasteiger partial charge is 0.459 e. The normalized spacial score (nSPS) is 55.0. The Kier molecular flexibility index (Phi) is 3.15. The third kappa shape index (κ3) is 1.89. The van der Waals surface area contributed by atoms with Crippen LogP contribution in [0.3, 0.4) is 0 Å². The average molecular weight is 422 g/mol. The molecule has 8 nitrogen and oxygen atoms in total. The molecule has 6 aliphatic rings. The second kappa shape index (κ2) is 5.01. The van der Waals surface area contributed by atoms with Crippen molar-refractivity contribution < 1.29 is 37.9 Å². The summed E-state index contributed by atoms with van der Waals surface area (Å²) < 4.78 is 34.4. The van der Waals surface area contributed by atoms with Crippen LogP contribution >= 0.6 is 0 Å². The molecule has 0 bridgehead atoms. The van der Waals surface area contributed by atoms with Gasteiger partial charge < -0.3 is 24.1 Å². The molecule has 29 heavy (non-hydrogen) atoms. The van der Waals surface area contributed by atoms with Gasteiger partial charge in [0.05, 0.1) is 17.4 Å². The van der Waals surface area contributed by atoms with E-state index in [2.05, 4.69) is 0 Å². The maximum atomic E-state index is 12.9. The molecule has 0 amide bonds. The maximum absolute atomic E-state index is 12.9. The molecule has 5 fully saturated rings. The van der Waals surface area contributed by atoms with Gasteiger partial charge >= 0.3 is 11.9 Å². The molecule has 0 aromatic carbocycles. The molecule has 4 heterocycles. The third-order valence-corrected chi connectivity index (χ3v) is 8.48. The van der Waals surface area contributed by atoms with E-state index in [0.717, 1.165) is 5.57 Å². The van der Waals surface area contributed by atoms with E-state index in [-0.39, 0.29) is 41.8 Å². The Bertz CT molecular complexity index is 952. The number of rotatable bonds is 3. The van der Waals surface area contributed by atoms with Crippen LogP contribution in [0.2, 0.25) is 0 Å². The molecule has 2 aliphatic carbocycles. The van der Waals surface area contributed by atoms with Crippen LogP contribution in [0.15, 0.2) is 11.6 Å². The monoisotopic (exact) mass is 422 g/mol. The van der Waals surface area contributed by atoms with Crippen LogP contribution in [-0.4, -0.2) is 68.3 Å². The first kappa shape index (κ1) is 18.2. The summed E-state index contributed by atoms with van der Waals surface area (Å²) in [4.78, 5) is 25.5. The van der Waals surface area contributed by atoms with Crippen LogP contribution in [-0.2, 0) is 39.8 Å². The predicted molar refractivity (Wildman–Crippen MR) is 97.9 cm³/mol. The molecule has 2 saturated carbocycles. The molecule has 10 atom stereocenters. The summed E-state index contributed by atoms with van der Waals surface area (Å²) in [7, 11) is 0. The fraction of sp³-hybridized carbons (Fsp3) is 0.750. The molecule has 4 aliphatic heterocycles. The van der Waals surface area contributed by atoms with E-state index >= 15 is 0 Å². The van der Waals surface area contributed by atoms with Gasteiger partial charge in [-0.1, -0.05) is 6.92 Å². The van der Waals surface area contributed by atoms with E-state index in [1.165, 1.54) is 18.4 Å². The van der Waals surface area contributed by atoms with E-state index in [4.69, 9.17) is 18.9 Å². The molecule has 0 radical (unpaired) electrons. The molecule has 0 aromatic heterocycles. The Balaban J connectivity index is 1.52. The summed E-state index contributed by atoms with van der Waals surface area (Å²) in [5, 5.41) is 12.5. The summed E-state index contributed by atoms with van der Waals surface area (Å²) in [6.45, 7) is 5.47. The number of carbonyl (C=O) groups excluding carboxylic acids is 2. The lowest BCUT2D eigenvalue weighted by molar-refractivity contribution is -0.170. The van der Waals surface area contributed by atoms with Crippen molar-refractivity contribution in [2.75, 3.05) is 0 Å². The minimum Gasteiger partial charge on any atom is -0.459 e. The summed E-state index contributed by atoms with van der Waals surface area (Å²) in [6, 6.07) is 0. The lowest BCUT2D eigenvalue weighted by Gasteiger charge is -2.53. The van der Waals surface area contributed by atoms with Gasteiger partial charge in [-0.15, -0.1) is 0 Å². The number of aliphatic hydroxyl groups is 1. The standard InChI is InChI=1S/C20H22O8S/c1-17-7-8-13(25-8)19(3)12(17)11(27-16(19)22)14-20(28-14)9(17)6-10(21)26-15(20)18(2,23)4-5-29-24/h5-6,8,11-15,23H,4,7H2,1-3H3/t8-,11-,12+,13-,14+,15+,17+,18?,19+,20-/m0/s1. The van der Waals surface area contributed by atoms with Gasteiger partial charge in [0.2, 0.25) is 0 Å². The molecule has 0 aromatic rings. The van der Waals surface area contributed by atoms with Crippen molar-refractivity contribution in [3.05, 3.63) is 11.6 Å². The third-order valence-electron chi connectivity index (χ3n) is 8.18. The molecule has 9 heteroatoms. The Morgan fingerprint density at radius 1 is 1.31 bits per heavy atom. The zero-order chi connectivity index (χ0) is 20.6. The van der Waals surface area contributed by atoms with E-state index < -0.39 is 46.3 Å². The Hall–Kier alpha value is -1.55. The van der Waals surface area contributed by atoms with E-state index in [0.29, 0.717) is 6.42 Å². The van der Waals surface area contributed by atoms with Gasteiger partial charge in [0.1, 0.15) is 29.3 Å². The topological polar surface area (TPSA) is 115 Å². The van der Waals surface area contributed by atoms with Crippen LogP contribution in [0, 0.1) is 16.7 Å². The van der Waals surface area contributed by atoms with Gasteiger partial charge in [-0.2, -0.15) is 0 Å². The van der Waals surface area contributed by atoms with E-state index in [9.17, 15) is 18.9 Å². The number of fused-ring (bicyclic) bond motifs is 4. The highest BCUT2D eigenvalue weighted by molar-refractivity contribution is 7.64. The number of cyclic esters (lactones) is 1. The van der Waals surface area contributed by atoms with Gasteiger partial charge in [-0.25, -0.2) is 9.00 Å². The molecular weight excluding hydrogens is 400 g/mol. The van der Waals surface area contributed by atoms with Crippen molar-refractivity contribution in [2.45, 2.75) is 75.3 Å². The maximum Gasteiger partial charge on any atom is 0.331 e. The van der Waals surface area contributed by atoms with Gasteiger partial charge in [-0.3, -0.25) is 4.79 Å². The molecule has 6 rings (SSSR count). The smallest absolute Gasteiger partial charge is 0.331 e. The molecule has 1 spiro atoms. The van der Waals surface area contributed by atoms with Crippen molar-refractivity contribution in [3.8, 4) is 0 Å². The van der Waals surface area contributed by atoms with Crippen LogP contribution in [0.25, 0.3) is 0 Å². The lowest BCUT2D eigenvalue weighted by atomic mass is 9.47. The van der Waals surface area contributed by atoms with E-state index in [1.54, 1.807) is 0 Å². The van der Waals surface area contributed by atoms with Gasteiger partial charge in [0.25, 0.3) is 0 Å². The second-order valence-corrected chi connectivity index (χ2v) is 10.4. The zero-order valence-electron chi connectivity index (χ0n) is 16.2. The van der Waals surface area contributed by atoms with Crippen LogP contribution in [0.1, 0.15) is 33.6 Å². The second-order valence-electron chi connectivity index (χ2n) is 9.88. The number of ether oxygens (including phenoxy) is 4. The summed E-state index contributed by atoms with van der Waals surface area (Å²) in [5.74, 6) is -1.02.